The topological polar surface area (TPSA) is 123 Å². The van der Waals surface area contributed by atoms with Crippen molar-refractivity contribution in [1.82, 2.24) is 14.5 Å². The van der Waals surface area contributed by atoms with Crippen molar-refractivity contribution in [3.05, 3.63) is 90.7 Å². The number of H-pyrrole nitrogens is 2. The van der Waals surface area contributed by atoms with E-state index in [1.807, 2.05) is 0 Å². The summed E-state index contributed by atoms with van der Waals surface area (Å²) in [5.41, 5.74) is 6.11. The molecule has 1 aliphatic rings. The molecule has 2 heterocycles. The summed E-state index contributed by atoms with van der Waals surface area (Å²) >= 11 is 6.20. The van der Waals surface area contributed by atoms with Crippen molar-refractivity contribution < 1.29 is 17.9 Å². The van der Waals surface area contributed by atoms with E-state index in [2.05, 4.69) is 9.97 Å². The van der Waals surface area contributed by atoms with Crippen molar-refractivity contribution in [3.63, 3.8) is 0 Å². The van der Waals surface area contributed by atoms with E-state index >= 15 is 0 Å². The zero-order valence-corrected chi connectivity index (χ0v) is 20.1. The highest BCUT2D eigenvalue weighted by Gasteiger charge is 2.27. The zero-order chi connectivity index (χ0) is 26.7. The average Bonchev–Trinajstić information content (AvgIpc) is 2.78. The molecule has 1 fully saturated rings. The van der Waals surface area contributed by atoms with Gasteiger partial charge in [0.1, 0.15) is 5.75 Å². The van der Waals surface area contributed by atoms with Gasteiger partial charge in [0.2, 0.25) is 0 Å². The first-order valence-electron chi connectivity index (χ1n) is 11.3. The van der Waals surface area contributed by atoms with Gasteiger partial charge in [-0.25, -0.2) is 4.79 Å². The zero-order valence-electron chi connectivity index (χ0n) is 19.3. The molecule has 2 aromatic heterocycles. The minimum absolute atomic E-state index is 0.0381. The molecule has 4 N–H and O–H groups in total. The first-order valence-corrected chi connectivity index (χ1v) is 11.6. The fraction of sp³-hybridized carbons (Fsp3) is 0.240. The molecule has 0 bridgehead atoms. The molecular weight excluding hydrogens is 513 g/mol. The summed E-state index contributed by atoms with van der Waals surface area (Å²) in [7, 11) is 0. The van der Waals surface area contributed by atoms with Crippen LogP contribution in [0.4, 0.5) is 13.2 Å². The largest absolute Gasteiger partial charge is 0.493 e. The number of halogens is 4. The molecule has 12 heteroatoms. The summed E-state index contributed by atoms with van der Waals surface area (Å²) in [4.78, 5) is 42.2. The molecular formula is C25H22ClF3N4O4. The number of nitrogens with zero attached hydrogens (tertiary/aromatic N) is 1. The van der Waals surface area contributed by atoms with E-state index in [4.69, 9.17) is 22.1 Å². The van der Waals surface area contributed by atoms with Gasteiger partial charge in [-0.15, -0.1) is 0 Å². The van der Waals surface area contributed by atoms with Gasteiger partial charge in [-0.05, 0) is 55.2 Å². The van der Waals surface area contributed by atoms with Gasteiger partial charge in [0.25, 0.3) is 11.1 Å². The van der Waals surface area contributed by atoms with Gasteiger partial charge in [0.05, 0.1) is 24.3 Å². The quantitative estimate of drug-likeness (QED) is 0.414. The summed E-state index contributed by atoms with van der Waals surface area (Å²) in [5, 5.41) is 0.129. The first kappa shape index (κ1) is 26.1. The van der Waals surface area contributed by atoms with Gasteiger partial charge in [-0.2, -0.15) is 13.2 Å². The number of nitrogens with two attached hydrogens (primary N) is 1. The minimum Gasteiger partial charge on any atom is -0.493 e. The predicted molar refractivity (Wildman–Crippen MR) is 134 cm³/mol. The van der Waals surface area contributed by atoms with E-state index < -0.39 is 36.0 Å². The first-order chi connectivity index (χ1) is 17.5. The molecule has 1 saturated carbocycles. The molecule has 0 aliphatic heterocycles. The second-order valence-electron chi connectivity index (χ2n) is 8.44. The van der Waals surface area contributed by atoms with Crippen LogP contribution in [-0.2, 0) is 0 Å². The van der Waals surface area contributed by atoms with Gasteiger partial charge in [0, 0.05) is 34.7 Å². The number of pyridine rings is 1. The van der Waals surface area contributed by atoms with Crippen LogP contribution in [0.25, 0.3) is 28.0 Å². The Morgan fingerprint density at radius 3 is 2.49 bits per heavy atom. The second-order valence-corrected chi connectivity index (χ2v) is 8.88. The Labute approximate surface area is 212 Å². The second kappa shape index (κ2) is 10.6. The van der Waals surface area contributed by atoms with E-state index in [9.17, 15) is 27.6 Å². The van der Waals surface area contributed by atoms with E-state index in [1.54, 1.807) is 6.08 Å². The number of hydrogen-bond donors (Lipinski definition) is 3. The van der Waals surface area contributed by atoms with E-state index in [1.165, 1.54) is 47.4 Å². The Kier molecular flexibility index (Phi) is 7.44. The van der Waals surface area contributed by atoms with Gasteiger partial charge >= 0.3 is 11.9 Å². The molecule has 0 unspecified atom stereocenters. The Balaban J connectivity index is 1.87. The third-order valence-corrected chi connectivity index (χ3v) is 6.00. The van der Waals surface area contributed by atoms with Gasteiger partial charge in [0.15, 0.2) is 0 Å². The van der Waals surface area contributed by atoms with E-state index in [0.717, 1.165) is 24.8 Å². The summed E-state index contributed by atoms with van der Waals surface area (Å²) in [6.07, 6.45) is 2.90. The number of hydrogen-bond acceptors (Lipinski definition) is 5. The Morgan fingerprint density at radius 1 is 1.11 bits per heavy atom. The summed E-state index contributed by atoms with van der Waals surface area (Å²) < 4.78 is 44.2. The third-order valence-electron chi connectivity index (χ3n) is 5.78. The SMILES string of the molecule is N/C=C(\C=C1CCC1)n1cc(-c2c[nH]c(=O)[nH]c2=O)cc(-c2cc(Cl)cc(OCCC(F)(F)F)c2)c1=O. The molecule has 37 heavy (non-hydrogen) atoms. The number of nitrogens with one attached hydrogen (secondary N) is 2. The van der Waals surface area contributed by atoms with E-state index in [-0.39, 0.29) is 33.0 Å². The lowest BCUT2D eigenvalue weighted by atomic mass is 9.91. The molecule has 194 valence electrons. The van der Waals surface area contributed by atoms with Crippen LogP contribution >= 0.6 is 11.6 Å². The van der Waals surface area contributed by atoms with Crippen molar-refractivity contribution in [2.24, 2.45) is 5.73 Å². The van der Waals surface area contributed by atoms with Crippen molar-refractivity contribution in [3.8, 4) is 28.0 Å². The normalized spacial score (nSPS) is 13.8. The number of aromatic nitrogens is 3. The van der Waals surface area contributed by atoms with Crippen LogP contribution in [0.1, 0.15) is 25.7 Å². The summed E-state index contributed by atoms with van der Waals surface area (Å²) in [6.45, 7) is -0.631. The summed E-state index contributed by atoms with van der Waals surface area (Å²) in [5.74, 6) is 0.0381. The van der Waals surface area contributed by atoms with E-state index in [0.29, 0.717) is 5.70 Å². The molecule has 1 aromatic carbocycles. The number of aromatic amines is 2. The molecule has 0 spiro atoms. The maximum absolute atomic E-state index is 13.6. The fourth-order valence-corrected chi connectivity index (χ4v) is 4.00. The van der Waals surface area contributed by atoms with Crippen LogP contribution in [-0.4, -0.2) is 27.3 Å². The molecule has 8 nitrogen and oxygen atoms in total. The lowest BCUT2D eigenvalue weighted by Crippen LogP contribution is -2.25. The number of benzene rings is 1. The molecule has 0 amide bonds. The Bertz CT molecular complexity index is 1560. The van der Waals surface area contributed by atoms with Crippen LogP contribution in [0.2, 0.25) is 5.02 Å². The van der Waals surface area contributed by atoms with Gasteiger partial charge in [-0.3, -0.25) is 19.1 Å². The maximum Gasteiger partial charge on any atom is 0.392 e. The molecule has 3 aromatic rings. The average molecular weight is 535 g/mol. The van der Waals surface area contributed by atoms with Crippen molar-refractivity contribution in [2.45, 2.75) is 31.9 Å². The molecule has 4 rings (SSSR count). The van der Waals surface area contributed by atoms with Crippen LogP contribution in [0, 0.1) is 0 Å². The Morgan fingerprint density at radius 2 is 1.86 bits per heavy atom. The smallest absolute Gasteiger partial charge is 0.392 e. The monoisotopic (exact) mass is 534 g/mol. The molecule has 0 atom stereocenters. The lowest BCUT2D eigenvalue weighted by Gasteiger charge is -2.18. The fourth-order valence-electron chi connectivity index (χ4n) is 3.77. The number of ether oxygens (including phenoxy) is 1. The molecule has 0 radical (unpaired) electrons. The highest BCUT2D eigenvalue weighted by Crippen LogP contribution is 2.31. The van der Waals surface area contributed by atoms with Crippen LogP contribution in [0.5, 0.6) is 5.75 Å². The van der Waals surface area contributed by atoms with Crippen molar-refractivity contribution >= 4 is 17.3 Å². The van der Waals surface area contributed by atoms with Gasteiger partial charge in [-0.1, -0.05) is 17.2 Å². The Hall–Kier alpha value is -3.99. The van der Waals surface area contributed by atoms with Crippen LogP contribution < -0.4 is 27.3 Å². The lowest BCUT2D eigenvalue weighted by molar-refractivity contribution is -0.139. The van der Waals surface area contributed by atoms with Crippen molar-refractivity contribution in [1.29, 1.82) is 0 Å². The van der Waals surface area contributed by atoms with Crippen LogP contribution in [0.3, 0.4) is 0 Å². The third kappa shape index (κ3) is 6.23. The minimum atomic E-state index is -4.40. The van der Waals surface area contributed by atoms with Gasteiger partial charge < -0.3 is 15.5 Å². The van der Waals surface area contributed by atoms with Crippen LogP contribution in [0.15, 0.2) is 68.9 Å². The highest BCUT2D eigenvalue weighted by atomic mass is 35.5. The molecule has 1 aliphatic carbocycles. The summed E-state index contributed by atoms with van der Waals surface area (Å²) in [6, 6.07) is 5.61. The molecule has 0 saturated heterocycles. The maximum atomic E-state index is 13.6. The highest BCUT2D eigenvalue weighted by molar-refractivity contribution is 6.31. The standard InChI is InChI=1S/C25H22ClF3N4O4/c26-17-7-15(8-19(10-17)37-5-4-25(27,28)29)20-9-16(21-12-31-24(36)32-22(21)34)13-33(23(20)35)18(11-30)6-14-2-1-3-14/h6-13H,1-5,30H2,(H2,31,32,34,36)/b18-11+. The number of rotatable bonds is 7. The number of alkyl halides is 3. The van der Waals surface area contributed by atoms with Crippen molar-refractivity contribution in [2.75, 3.05) is 6.61 Å². The predicted octanol–water partition coefficient (Wildman–Crippen LogP) is 4.41. The number of allylic oxidation sites excluding steroid dienone is 3.